The van der Waals surface area contributed by atoms with E-state index in [1.54, 1.807) is 0 Å². The van der Waals surface area contributed by atoms with Gasteiger partial charge in [-0.2, -0.15) is 0 Å². The van der Waals surface area contributed by atoms with Crippen LogP contribution in [0.25, 0.3) is 0 Å². The number of anilines is 1. The largest absolute Gasteiger partial charge is 0.402 e. The normalized spacial score (nSPS) is 26.0. The number of benzene rings is 1. The minimum atomic E-state index is -0.468. The van der Waals surface area contributed by atoms with Crippen LogP contribution < -0.4 is 16.4 Å². The van der Waals surface area contributed by atoms with Crippen LogP contribution in [-0.2, 0) is 9.53 Å². The van der Waals surface area contributed by atoms with Crippen LogP contribution in [-0.4, -0.2) is 30.3 Å². The van der Waals surface area contributed by atoms with Crippen molar-refractivity contribution in [3.05, 3.63) is 41.6 Å². The Morgan fingerprint density at radius 2 is 2.12 bits per heavy atom. The molecule has 24 heavy (non-hydrogen) atoms. The second-order valence-corrected chi connectivity index (χ2v) is 6.72. The summed E-state index contributed by atoms with van der Waals surface area (Å²) in [6.07, 6.45) is 2.87. The zero-order valence-corrected chi connectivity index (χ0v) is 14.0. The molecule has 3 atom stereocenters. The van der Waals surface area contributed by atoms with Crippen molar-refractivity contribution in [3.63, 3.8) is 0 Å². The molecular formula is C18H24N4O2. The number of fused-ring (bicyclic) bond motifs is 2. The Kier molecular flexibility index (Phi) is 4.69. The van der Waals surface area contributed by atoms with Crippen LogP contribution >= 0.6 is 0 Å². The molecule has 0 spiro atoms. The Balaban J connectivity index is 1.61. The van der Waals surface area contributed by atoms with Crippen LogP contribution in [0.3, 0.4) is 0 Å². The van der Waals surface area contributed by atoms with Crippen LogP contribution in [0, 0.1) is 11.3 Å². The fourth-order valence-electron chi connectivity index (χ4n) is 3.03. The van der Waals surface area contributed by atoms with Crippen molar-refractivity contribution < 1.29 is 9.53 Å². The lowest BCUT2D eigenvalue weighted by Gasteiger charge is -2.23. The van der Waals surface area contributed by atoms with Crippen LogP contribution in [0.15, 0.2) is 36.0 Å². The van der Waals surface area contributed by atoms with Gasteiger partial charge in [-0.05, 0) is 36.1 Å². The molecular weight excluding hydrogens is 304 g/mol. The second-order valence-electron chi connectivity index (χ2n) is 6.72. The van der Waals surface area contributed by atoms with Gasteiger partial charge in [0, 0.05) is 24.0 Å². The molecule has 2 bridgehead atoms. The summed E-state index contributed by atoms with van der Waals surface area (Å²) in [6, 6.07) is 7.99. The minimum absolute atomic E-state index is 0.0839. The lowest BCUT2D eigenvalue weighted by atomic mass is 10.0. The van der Waals surface area contributed by atoms with E-state index < -0.39 is 5.91 Å². The summed E-state index contributed by atoms with van der Waals surface area (Å²) in [5, 5.41) is 14.0. The van der Waals surface area contributed by atoms with Gasteiger partial charge in [-0.3, -0.25) is 10.2 Å². The average Bonchev–Trinajstić information content (AvgIpc) is 3.18. The van der Waals surface area contributed by atoms with Gasteiger partial charge in [0.2, 0.25) is 0 Å². The van der Waals surface area contributed by atoms with Crippen molar-refractivity contribution in [1.29, 1.82) is 5.41 Å². The third kappa shape index (κ3) is 3.49. The summed E-state index contributed by atoms with van der Waals surface area (Å²) in [7, 11) is 0. The van der Waals surface area contributed by atoms with Crippen molar-refractivity contribution in [2.45, 2.75) is 38.5 Å². The van der Waals surface area contributed by atoms with E-state index >= 15 is 0 Å². The molecule has 0 aromatic heterocycles. The number of morpholine rings is 1. The number of nitrogens with one attached hydrogen (secondary N) is 3. The molecule has 0 radical (unpaired) electrons. The third-order valence-corrected chi connectivity index (χ3v) is 4.55. The zero-order valence-electron chi connectivity index (χ0n) is 14.0. The monoisotopic (exact) mass is 328 g/mol. The SMILES string of the molecule is CC(C)C(N)=CC(=N)C(=O)Nc1ccc([C@H]2O[C@@H]3CN[C@H]2C3)cc1. The van der Waals surface area contributed by atoms with E-state index in [-0.39, 0.29) is 17.7 Å². The number of hydrogen-bond donors (Lipinski definition) is 4. The molecule has 2 aliphatic heterocycles. The molecule has 5 N–H and O–H groups in total. The van der Waals surface area contributed by atoms with Gasteiger partial charge >= 0.3 is 0 Å². The van der Waals surface area contributed by atoms with Gasteiger partial charge in [0.05, 0.1) is 12.2 Å². The standard InChI is InChI=1S/C18H24N4O2/c1-10(2)14(19)8-15(20)18(23)22-12-5-3-11(4-6-12)17-16-7-13(24-17)9-21-16/h3-6,8,10,13,16-17,20-21H,7,9,19H2,1-2H3,(H,22,23)/t13-,16-,17+/m0/s1. The lowest BCUT2D eigenvalue weighted by Crippen LogP contribution is -2.33. The number of amides is 1. The Morgan fingerprint density at radius 1 is 1.42 bits per heavy atom. The molecule has 2 fully saturated rings. The van der Waals surface area contributed by atoms with Crippen molar-refractivity contribution in [2.24, 2.45) is 11.7 Å². The fourth-order valence-corrected chi connectivity index (χ4v) is 3.03. The molecule has 0 aliphatic carbocycles. The second kappa shape index (κ2) is 6.75. The maximum Gasteiger partial charge on any atom is 0.273 e. The van der Waals surface area contributed by atoms with Crippen molar-refractivity contribution in [1.82, 2.24) is 5.32 Å². The number of nitrogens with two attached hydrogens (primary N) is 1. The van der Waals surface area contributed by atoms with Gasteiger partial charge in [-0.25, -0.2) is 0 Å². The summed E-state index contributed by atoms with van der Waals surface area (Å²) in [6.45, 7) is 4.77. The lowest BCUT2D eigenvalue weighted by molar-refractivity contribution is -0.110. The zero-order chi connectivity index (χ0) is 17.3. The summed E-state index contributed by atoms with van der Waals surface area (Å²) in [5.41, 5.74) is 7.92. The highest BCUT2D eigenvalue weighted by molar-refractivity contribution is 6.46. The van der Waals surface area contributed by atoms with Crippen molar-refractivity contribution >= 4 is 17.3 Å². The van der Waals surface area contributed by atoms with Gasteiger partial charge in [-0.15, -0.1) is 0 Å². The highest BCUT2D eigenvalue weighted by atomic mass is 16.5. The molecule has 1 aromatic carbocycles. The molecule has 2 saturated heterocycles. The predicted molar refractivity (Wildman–Crippen MR) is 93.9 cm³/mol. The maximum atomic E-state index is 12.0. The maximum absolute atomic E-state index is 12.0. The number of ether oxygens (including phenoxy) is 1. The number of carbonyl (C=O) groups is 1. The Labute approximate surface area is 142 Å². The van der Waals surface area contributed by atoms with Crippen LogP contribution in [0.2, 0.25) is 0 Å². The topological polar surface area (TPSA) is 100 Å². The number of rotatable bonds is 5. The first-order valence-electron chi connectivity index (χ1n) is 8.30. The predicted octanol–water partition coefficient (Wildman–Crippen LogP) is 1.95. The smallest absolute Gasteiger partial charge is 0.273 e. The summed E-state index contributed by atoms with van der Waals surface area (Å²) >= 11 is 0. The van der Waals surface area contributed by atoms with Crippen LogP contribution in [0.5, 0.6) is 0 Å². The molecule has 6 heteroatoms. The van der Waals surface area contributed by atoms with E-state index in [1.165, 1.54) is 6.08 Å². The Hall–Kier alpha value is -2.18. The third-order valence-electron chi connectivity index (χ3n) is 4.55. The molecule has 3 rings (SSSR count). The van der Waals surface area contributed by atoms with Gasteiger partial charge in [0.15, 0.2) is 0 Å². The Bertz CT molecular complexity index is 666. The van der Waals surface area contributed by atoms with E-state index in [4.69, 9.17) is 15.9 Å². The summed E-state index contributed by atoms with van der Waals surface area (Å²) in [5.74, 6) is -0.364. The molecule has 6 nitrogen and oxygen atoms in total. The molecule has 2 aliphatic rings. The first kappa shape index (κ1) is 16.7. The van der Waals surface area contributed by atoms with Crippen LogP contribution in [0.4, 0.5) is 5.69 Å². The highest BCUT2D eigenvalue weighted by Crippen LogP contribution is 2.36. The van der Waals surface area contributed by atoms with Gasteiger partial charge in [0.25, 0.3) is 5.91 Å². The van der Waals surface area contributed by atoms with E-state index in [9.17, 15) is 4.79 Å². The fraction of sp³-hybridized carbons (Fsp3) is 0.444. The number of hydrogen-bond acceptors (Lipinski definition) is 5. The average molecular weight is 328 g/mol. The Morgan fingerprint density at radius 3 is 2.67 bits per heavy atom. The molecule has 2 heterocycles. The summed E-state index contributed by atoms with van der Waals surface area (Å²) < 4.78 is 5.97. The van der Waals surface area contributed by atoms with Crippen molar-refractivity contribution in [3.8, 4) is 0 Å². The number of allylic oxidation sites excluding steroid dienone is 1. The first-order valence-corrected chi connectivity index (χ1v) is 8.30. The highest BCUT2D eigenvalue weighted by Gasteiger charge is 2.41. The number of carbonyl (C=O) groups excluding carboxylic acids is 1. The molecule has 1 amide bonds. The van der Waals surface area contributed by atoms with Crippen LogP contribution in [0.1, 0.15) is 31.9 Å². The van der Waals surface area contributed by atoms with Gasteiger partial charge < -0.3 is 21.1 Å². The quantitative estimate of drug-likeness (QED) is 0.621. The van der Waals surface area contributed by atoms with E-state index in [1.807, 2.05) is 38.1 Å². The van der Waals surface area contributed by atoms with E-state index in [0.717, 1.165) is 18.5 Å². The first-order chi connectivity index (χ1) is 11.4. The molecule has 1 aromatic rings. The van der Waals surface area contributed by atoms with E-state index in [0.29, 0.717) is 23.5 Å². The van der Waals surface area contributed by atoms with E-state index in [2.05, 4.69) is 10.6 Å². The van der Waals surface area contributed by atoms with Gasteiger partial charge in [-0.1, -0.05) is 26.0 Å². The minimum Gasteiger partial charge on any atom is -0.402 e. The molecule has 0 saturated carbocycles. The molecule has 0 unspecified atom stereocenters. The summed E-state index contributed by atoms with van der Waals surface area (Å²) in [4.78, 5) is 12.0. The molecule has 128 valence electrons. The van der Waals surface area contributed by atoms with Gasteiger partial charge in [0.1, 0.15) is 5.71 Å². The van der Waals surface area contributed by atoms with Crippen molar-refractivity contribution in [2.75, 3.05) is 11.9 Å².